The van der Waals surface area contributed by atoms with Crippen LogP contribution >= 0.6 is 0 Å². The van der Waals surface area contributed by atoms with E-state index in [4.69, 9.17) is 14.9 Å². The van der Waals surface area contributed by atoms with Crippen molar-refractivity contribution in [1.29, 1.82) is 0 Å². The van der Waals surface area contributed by atoms with Gasteiger partial charge >= 0.3 is 5.69 Å². The summed E-state index contributed by atoms with van der Waals surface area (Å²) in [5.74, 6) is -1.64. The number of nitrogens with two attached hydrogens (primary N) is 1. The number of nitrogens with zero attached hydrogens (tertiary/aromatic N) is 3. The Bertz CT molecular complexity index is 539. The van der Waals surface area contributed by atoms with Crippen LogP contribution in [0.2, 0.25) is 13.1 Å². The molecule has 0 unspecified atom stereocenters. The monoisotopic (exact) mass is 302 g/mol. The second-order valence-corrected chi connectivity index (χ2v) is 7.19. The highest BCUT2D eigenvalue weighted by molar-refractivity contribution is 6.48. The van der Waals surface area contributed by atoms with Crippen molar-refractivity contribution >= 4 is 15.0 Å². The molecular formula is C10H18N4O5Si. The van der Waals surface area contributed by atoms with Gasteiger partial charge in [-0.15, -0.1) is 0 Å². The van der Waals surface area contributed by atoms with Gasteiger partial charge < -0.3 is 25.1 Å². The Kier molecular flexibility index (Phi) is 4.20. The normalized spacial score (nSPS) is 30.1. The average Bonchev–Trinajstić information content (AvgIpc) is 2.65. The Morgan fingerprint density at radius 1 is 1.70 bits per heavy atom. The van der Waals surface area contributed by atoms with E-state index in [1.807, 2.05) is 13.1 Å². The van der Waals surface area contributed by atoms with Crippen molar-refractivity contribution in [2.24, 2.45) is 0 Å². The maximum Gasteiger partial charge on any atom is 0.356 e. The number of rotatable bonds is 4. The highest BCUT2D eigenvalue weighted by Gasteiger charge is 2.49. The van der Waals surface area contributed by atoms with Gasteiger partial charge in [0.15, 0.2) is 9.04 Å². The molecule has 1 fully saturated rings. The first kappa shape index (κ1) is 15.1. The molecule has 0 aromatic carbocycles. The fraction of sp³-hybridized carbons (Fsp3) is 0.700. The Balaban J connectivity index is 2.45. The summed E-state index contributed by atoms with van der Waals surface area (Å²) in [6.07, 6.45) is -0.589. The van der Waals surface area contributed by atoms with Crippen LogP contribution in [0.25, 0.3) is 0 Å². The Morgan fingerprint density at radius 3 is 2.90 bits per heavy atom. The van der Waals surface area contributed by atoms with E-state index in [1.165, 1.54) is 6.33 Å². The van der Waals surface area contributed by atoms with Crippen LogP contribution in [0.5, 0.6) is 0 Å². The van der Waals surface area contributed by atoms with Gasteiger partial charge in [-0.1, -0.05) is 0 Å². The summed E-state index contributed by atoms with van der Waals surface area (Å²) in [6.45, 7) is 3.41. The van der Waals surface area contributed by atoms with Crippen LogP contribution in [0, 0.1) is 0 Å². The summed E-state index contributed by atoms with van der Waals surface area (Å²) in [7, 11) is -1.62. The molecule has 0 saturated carbocycles. The molecule has 2 rings (SSSR count). The molecule has 1 aromatic heterocycles. The van der Waals surface area contributed by atoms with Gasteiger partial charge in [0.2, 0.25) is 5.95 Å². The maximum absolute atomic E-state index is 12.0. The number of aliphatic hydroxyl groups excluding tert-OH is 2. The number of hydrogen-bond donors (Lipinski definition) is 3. The first-order valence-corrected chi connectivity index (χ1v) is 9.02. The quantitative estimate of drug-likeness (QED) is 0.542. The van der Waals surface area contributed by atoms with Crippen molar-refractivity contribution in [2.45, 2.75) is 37.6 Å². The van der Waals surface area contributed by atoms with Crippen LogP contribution in [0.3, 0.4) is 0 Å². The molecule has 10 heteroatoms. The lowest BCUT2D eigenvalue weighted by atomic mass is 10.2. The van der Waals surface area contributed by atoms with Crippen molar-refractivity contribution in [2.75, 3.05) is 12.3 Å². The van der Waals surface area contributed by atoms with Crippen molar-refractivity contribution < 1.29 is 19.4 Å². The molecule has 1 aliphatic heterocycles. The van der Waals surface area contributed by atoms with E-state index in [-0.39, 0.29) is 19.0 Å². The van der Waals surface area contributed by atoms with Gasteiger partial charge in [-0.25, -0.2) is 14.3 Å². The Morgan fingerprint density at radius 2 is 2.40 bits per heavy atom. The van der Waals surface area contributed by atoms with E-state index in [0.717, 1.165) is 4.57 Å². The van der Waals surface area contributed by atoms with Crippen LogP contribution in [-0.4, -0.2) is 52.6 Å². The largest absolute Gasteiger partial charge is 0.394 e. The topological polar surface area (TPSA) is 133 Å². The molecule has 1 aliphatic rings. The molecule has 3 atom stereocenters. The van der Waals surface area contributed by atoms with E-state index < -0.39 is 32.8 Å². The molecule has 0 bridgehead atoms. The fourth-order valence-corrected chi connectivity index (χ4v) is 3.16. The molecule has 0 spiro atoms. The molecule has 0 aliphatic carbocycles. The second-order valence-electron chi connectivity index (χ2n) is 4.86. The number of nitrogen functional groups attached to an aromatic ring is 1. The van der Waals surface area contributed by atoms with E-state index in [2.05, 4.69) is 9.97 Å². The third-order valence-electron chi connectivity index (χ3n) is 2.92. The van der Waals surface area contributed by atoms with Crippen molar-refractivity contribution in [1.82, 2.24) is 14.5 Å². The second kappa shape index (κ2) is 5.58. The lowest BCUT2D eigenvalue weighted by molar-refractivity contribution is -0.243. The lowest BCUT2D eigenvalue weighted by Gasteiger charge is -2.32. The predicted octanol–water partition coefficient (Wildman–Crippen LogP) is -2.03. The first-order chi connectivity index (χ1) is 9.38. The first-order valence-electron chi connectivity index (χ1n) is 6.24. The average molecular weight is 302 g/mol. The highest BCUT2D eigenvalue weighted by Crippen LogP contribution is 2.35. The van der Waals surface area contributed by atoms with Gasteiger partial charge in [0, 0.05) is 0 Å². The Labute approximate surface area is 116 Å². The van der Waals surface area contributed by atoms with Crippen LogP contribution in [-0.2, 0) is 15.1 Å². The van der Waals surface area contributed by atoms with Crippen molar-refractivity contribution in [3.8, 4) is 0 Å². The van der Waals surface area contributed by atoms with Gasteiger partial charge in [0.1, 0.15) is 12.4 Å². The van der Waals surface area contributed by atoms with Gasteiger partial charge in [0.25, 0.3) is 5.91 Å². The van der Waals surface area contributed by atoms with Crippen molar-refractivity contribution in [3.05, 3.63) is 16.8 Å². The number of anilines is 1. The summed E-state index contributed by atoms with van der Waals surface area (Å²) in [5, 5.41) is 19.1. The molecule has 1 saturated heterocycles. The van der Waals surface area contributed by atoms with Crippen molar-refractivity contribution in [3.63, 3.8) is 0 Å². The molecule has 112 valence electrons. The zero-order valence-corrected chi connectivity index (χ0v) is 12.4. The van der Waals surface area contributed by atoms with E-state index >= 15 is 0 Å². The molecule has 0 amide bonds. The summed E-state index contributed by atoms with van der Waals surface area (Å²) >= 11 is 0. The standard InChI is InChI=1S/C10H18N4O5Si/c1-20(2)19-10(3-6(16)7(4-15)18-10)14-5-12-8(11)13-9(14)17/h5-7,15-16,20H,3-4H2,1-2H3,(H2,11,13,17)/t6-,7+,10-/m0/s1. The number of hydrogen-bond acceptors (Lipinski definition) is 8. The van der Waals surface area contributed by atoms with Gasteiger partial charge in [-0.2, -0.15) is 4.98 Å². The molecule has 0 radical (unpaired) electrons. The zero-order chi connectivity index (χ0) is 14.9. The molecule has 9 nitrogen and oxygen atoms in total. The lowest BCUT2D eigenvalue weighted by Crippen LogP contribution is -2.47. The minimum absolute atomic E-state index is 0.0105. The molecular weight excluding hydrogens is 284 g/mol. The summed E-state index contributed by atoms with van der Waals surface area (Å²) in [5.41, 5.74) is 4.67. The smallest absolute Gasteiger partial charge is 0.356 e. The Hall–Kier alpha value is -1.33. The van der Waals surface area contributed by atoms with Crippen LogP contribution in [0.15, 0.2) is 11.1 Å². The SMILES string of the molecule is C[SiH](C)O[C@]1(n2cnc(N)nc2=O)C[C@H](O)[C@@H](CO)O1. The maximum atomic E-state index is 12.0. The third-order valence-corrected chi connectivity index (χ3v) is 3.76. The number of aromatic nitrogens is 3. The van der Waals surface area contributed by atoms with Crippen LogP contribution < -0.4 is 11.4 Å². The number of ether oxygens (including phenoxy) is 1. The minimum Gasteiger partial charge on any atom is -0.394 e. The summed E-state index contributed by atoms with van der Waals surface area (Å²) < 4.78 is 12.4. The van der Waals surface area contributed by atoms with Crippen LogP contribution in [0.1, 0.15) is 6.42 Å². The third kappa shape index (κ3) is 2.74. The van der Waals surface area contributed by atoms with E-state index in [1.54, 1.807) is 0 Å². The van der Waals surface area contributed by atoms with Gasteiger partial charge in [-0.05, 0) is 13.1 Å². The van der Waals surface area contributed by atoms with Crippen LogP contribution in [0.4, 0.5) is 5.95 Å². The van der Waals surface area contributed by atoms with E-state index in [0.29, 0.717) is 0 Å². The summed E-state index contributed by atoms with van der Waals surface area (Å²) in [6, 6.07) is 0. The molecule has 2 heterocycles. The zero-order valence-electron chi connectivity index (χ0n) is 11.3. The number of aliphatic hydroxyl groups is 2. The highest BCUT2D eigenvalue weighted by atomic mass is 28.3. The fourth-order valence-electron chi connectivity index (χ4n) is 2.15. The minimum atomic E-state index is -1.62. The molecule has 20 heavy (non-hydrogen) atoms. The molecule has 4 N–H and O–H groups in total. The predicted molar refractivity (Wildman–Crippen MR) is 71.2 cm³/mol. The van der Waals surface area contributed by atoms with Gasteiger partial charge in [-0.3, -0.25) is 0 Å². The summed E-state index contributed by atoms with van der Waals surface area (Å²) in [4.78, 5) is 19.2. The van der Waals surface area contributed by atoms with E-state index in [9.17, 15) is 15.0 Å². The molecule has 1 aromatic rings. The van der Waals surface area contributed by atoms with Gasteiger partial charge in [0.05, 0.1) is 19.1 Å².